The van der Waals surface area contributed by atoms with Crippen LogP contribution in [0.5, 0.6) is 0 Å². The third-order valence-electron chi connectivity index (χ3n) is 7.35. The van der Waals surface area contributed by atoms with E-state index in [0.29, 0.717) is 33.9 Å². The molecule has 0 saturated carbocycles. The Morgan fingerprint density at radius 3 is 2.56 bits per heavy atom. The Kier molecular flexibility index (Phi) is 4.78. The summed E-state index contributed by atoms with van der Waals surface area (Å²) in [6.45, 7) is 0. The highest BCUT2D eigenvalue weighted by molar-refractivity contribution is 7.99. The Labute approximate surface area is 196 Å². The van der Waals surface area contributed by atoms with E-state index in [2.05, 4.69) is 49.3 Å². The molecule has 6 rings (SSSR count). The zero-order chi connectivity index (χ0) is 21.9. The number of hydrogen-bond acceptors (Lipinski definition) is 8. The van der Waals surface area contributed by atoms with E-state index in [1.54, 1.807) is 12.4 Å². The maximum atomic E-state index is 6.82. The van der Waals surface area contributed by atoms with Gasteiger partial charge in [-0.1, -0.05) is 47.6 Å². The van der Waals surface area contributed by atoms with Crippen LogP contribution in [-0.4, -0.2) is 32.2 Å². The first-order valence-corrected chi connectivity index (χ1v) is 12.1. The third kappa shape index (κ3) is 3.16. The van der Waals surface area contributed by atoms with Gasteiger partial charge >= 0.3 is 0 Å². The van der Waals surface area contributed by atoms with Crippen LogP contribution in [0.4, 0.5) is 11.8 Å². The van der Waals surface area contributed by atoms with E-state index in [-0.39, 0.29) is 11.5 Å². The van der Waals surface area contributed by atoms with Gasteiger partial charge in [-0.05, 0) is 54.7 Å². The van der Waals surface area contributed by atoms with E-state index in [0.717, 1.165) is 37.0 Å². The van der Waals surface area contributed by atoms with Crippen LogP contribution in [0.3, 0.4) is 0 Å². The van der Waals surface area contributed by atoms with Crippen molar-refractivity contribution in [1.82, 2.24) is 20.2 Å². The van der Waals surface area contributed by atoms with E-state index in [1.165, 1.54) is 22.9 Å². The number of nitrogen functional groups attached to an aromatic ring is 1. The minimum Gasteiger partial charge on any atom is -0.382 e. The lowest BCUT2D eigenvalue weighted by atomic mass is 9.70. The lowest BCUT2D eigenvalue weighted by Gasteiger charge is -2.47. The third-order valence-corrected chi connectivity index (χ3v) is 8.82. The predicted molar refractivity (Wildman–Crippen MR) is 126 cm³/mol. The highest BCUT2D eigenvalue weighted by atomic mass is 35.5. The molecule has 2 saturated heterocycles. The number of benzene rings is 1. The van der Waals surface area contributed by atoms with Gasteiger partial charge in [0.2, 0.25) is 5.95 Å². The second kappa shape index (κ2) is 7.57. The quantitative estimate of drug-likeness (QED) is 0.597. The monoisotopic (exact) mass is 465 g/mol. The smallest absolute Gasteiger partial charge is 0.245 e. The molecule has 1 aliphatic carbocycles. The topological polar surface area (TPSA) is 107 Å². The molecule has 164 valence electrons. The van der Waals surface area contributed by atoms with Crippen LogP contribution in [0.1, 0.15) is 42.9 Å². The average Bonchev–Trinajstić information content (AvgIpc) is 3.23. The standard InChI is InChI=1S/C23H24ClN7S/c24-19-17(7-8-27-21(19)26)32-18-12-28-22(30-29-18)31-14-5-6-15(31)11-23(10-14)9-13-3-1-2-4-16(13)20(23)25/h1-4,7-8,12,14-15,20H,5-6,9-11,25H2,(H2,26,27)/t14?,15?,20-,23?/m1/s1. The SMILES string of the molecule is Nc1nccc(Sc2cnc(N3C4CCC3CC3(Cc5ccccc5[C@H]3N)C4)nn2)c1Cl. The summed E-state index contributed by atoms with van der Waals surface area (Å²) >= 11 is 7.64. The number of aromatic nitrogens is 4. The second-order valence-corrected chi connectivity index (χ2v) is 10.6. The Balaban J connectivity index is 1.21. The molecular weight excluding hydrogens is 442 g/mol. The summed E-state index contributed by atoms with van der Waals surface area (Å²) in [7, 11) is 0. The van der Waals surface area contributed by atoms with Crippen LogP contribution < -0.4 is 16.4 Å². The van der Waals surface area contributed by atoms with E-state index in [9.17, 15) is 0 Å². The van der Waals surface area contributed by atoms with Gasteiger partial charge in [-0.3, -0.25) is 0 Å². The zero-order valence-electron chi connectivity index (χ0n) is 17.5. The minimum absolute atomic E-state index is 0.110. The molecule has 2 aromatic heterocycles. The molecule has 4 heterocycles. The largest absolute Gasteiger partial charge is 0.382 e. The molecule has 1 spiro atoms. The number of anilines is 2. The van der Waals surface area contributed by atoms with Gasteiger partial charge in [0.1, 0.15) is 10.8 Å². The normalized spacial score (nSPS) is 28.3. The van der Waals surface area contributed by atoms with Crippen molar-refractivity contribution in [2.75, 3.05) is 10.6 Å². The number of nitrogens with two attached hydrogens (primary N) is 2. The van der Waals surface area contributed by atoms with Crippen molar-refractivity contribution >= 4 is 35.1 Å². The van der Waals surface area contributed by atoms with Gasteiger partial charge in [-0.15, -0.1) is 10.2 Å². The van der Waals surface area contributed by atoms with Gasteiger partial charge in [-0.2, -0.15) is 0 Å². The minimum atomic E-state index is 0.110. The summed E-state index contributed by atoms with van der Waals surface area (Å²) in [6, 6.07) is 11.4. The first kappa shape index (κ1) is 20.2. The van der Waals surface area contributed by atoms with E-state index < -0.39 is 0 Å². The van der Waals surface area contributed by atoms with E-state index in [4.69, 9.17) is 23.1 Å². The molecule has 7 nitrogen and oxygen atoms in total. The zero-order valence-corrected chi connectivity index (χ0v) is 19.1. The van der Waals surface area contributed by atoms with Gasteiger partial charge in [0.15, 0.2) is 0 Å². The molecule has 9 heteroatoms. The molecule has 0 radical (unpaired) electrons. The summed E-state index contributed by atoms with van der Waals surface area (Å²) in [6.07, 6.45) is 8.93. The summed E-state index contributed by atoms with van der Waals surface area (Å²) in [5.41, 5.74) is 15.5. The molecule has 32 heavy (non-hydrogen) atoms. The number of fused-ring (bicyclic) bond motifs is 3. The summed E-state index contributed by atoms with van der Waals surface area (Å²) in [5, 5.41) is 10.0. The molecule has 0 amide bonds. The molecular formula is C23H24ClN7S. The molecule has 2 fully saturated rings. The van der Waals surface area contributed by atoms with Crippen molar-refractivity contribution in [2.45, 2.75) is 60.2 Å². The van der Waals surface area contributed by atoms with Crippen molar-refractivity contribution in [2.24, 2.45) is 11.1 Å². The van der Waals surface area contributed by atoms with Crippen molar-refractivity contribution in [3.05, 3.63) is 58.9 Å². The van der Waals surface area contributed by atoms with Gasteiger partial charge in [0.05, 0.1) is 11.2 Å². The van der Waals surface area contributed by atoms with Crippen LogP contribution in [-0.2, 0) is 6.42 Å². The molecule has 4 N–H and O–H groups in total. The first-order valence-electron chi connectivity index (χ1n) is 10.9. The predicted octanol–water partition coefficient (Wildman–Crippen LogP) is 4.03. The van der Waals surface area contributed by atoms with Crippen molar-refractivity contribution < 1.29 is 0 Å². The number of piperidine rings is 1. The second-order valence-electron chi connectivity index (χ2n) is 9.12. The molecule has 3 aromatic rings. The van der Waals surface area contributed by atoms with Gasteiger partial charge < -0.3 is 16.4 Å². The fraction of sp³-hybridized carbons (Fsp3) is 0.391. The highest BCUT2D eigenvalue weighted by Gasteiger charge is 2.54. The number of hydrogen-bond donors (Lipinski definition) is 2. The Hall–Kier alpha value is -2.42. The number of rotatable bonds is 3. The number of nitrogens with zero attached hydrogens (tertiary/aromatic N) is 5. The van der Waals surface area contributed by atoms with Crippen LogP contribution in [0.2, 0.25) is 5.02 Å². The molecule has 2 bridgehead atoms. The highest BCUT2D eigenvalue weighted by Crippen LogP contribution is 2.57. The Bertz CT molecular complexity index is 1160. The molecule has 2 unspecified atom stereocenters. The maximum absolute atomic E-state index is 6.82. The fourth-order valence-corrected chi connectivity index (χ4v) is 6.95. The first-order chi connectivity index (χ1) is 15.5. The van der Waals surface area contributed by atoms with E-state index in [1.807, 2.05) is 6.07 Å². The molecule has 3 aliphatic rings. The van der Waals surface area contributed by atoms with Crippen LogP contribution in [0.25, 0.3) is 0 Å². The maximum Gasteiger partial charge on any atom is 0.245 e. The average molecular weight is 466 g/mol. The number of halogens is 1. The van der Waals surface area contributed by atoms with Gasteiger partial charge in [0.25, 0.3) is 0 Å². The van der Waals surface area contributed by atoms with Crippen LogP contribution >= 0.6 is 23.4 Å². The van der Waals surface area contributed by atoms with Gasteiger partial charge in [-0.25, -0.2) is 9.97 Å². The summed E-state index contributed by atoms with van der Waals surface area (Å²) < 4.78 is 0. The van der Waals surface area contributed by atoms with Crippen LogP contribution in [0.15, 0.2) is 52.6 Å². The molecule has 1 aromatic carbocycles. The summed E-state index contributed by atoms with van der Waals surface area (Å²) in [4.78, 5) is 11.8. The van der Waals surface area contributed by atoms with E-state index >= 15 is 0 Å². The van der Waals surface area contributed by atoms with Crippen molar-refractivity contribution in [1.29, 1.82) is 0 Å². The van der Waals surface area contributed by atoms with Gasteiger partial charge in [0, 0.05) is 29.2 Å². The lowest BCUT2D eigenvalue weighted by Crippen LogP contribution is -2.51. The molecule has 2 aliphatic heterocycles. The molecule has 3 atom stereocenters. The van der Waals surface area contributed by atoms with Crippen molar-refractivity contribution in [3.63, 3.8) is 0 Å². The summed E-state index contributed by atoms with van der Waals surface area (Å²) in [5.74, 6) is 1.02. The Morgan fingerprint density at radius 2 is 1.84 bits per heavy atom. The Morgan fingerprint density at radius 1 is 1.06 bits per heavy atom. The van der Waals surface area contributed by atoms with Crippen molar-refractivity contribution in [3.8, 4) is 0 Å². The van der Waals surface area contributed by atoms with Crippen LogP contribution in [0, 0.1) is 5.41 Å². The number of pyridine rings is 1. The lowest BCUT2D eigenvalue weighted by molar-refractivity contribution is 0.154. The fourth-order valence-electron chi connectivity index (χ4n) is 5.98.